The fraction of sp³-hybridized carbons (Fsp3) is 0.280. The van der Waals surface area contributed by atoms with Gasteiger partial charge in [-0.25, -0.2) is 14.6 Å². The standard InChI is InChI=1S/C25H26N4O6/c30-10-9-21(24(32)33)28-23(31)22(11-15-12-26-14-27-15)29-25(34)35-13-20-18-7-3-1-5-16(18)17-6-2-4-8-19(17)20/h1-8,12,14,20-22,30H,9-11,13H2,(H,26,27)(H,28,31)(H,29,34)(H,32,33)/t21-,22?/m1/s1. The number of nitrogens with one attached hydrogen (secondary N) is 3. The molecule has 4 rings (SSSR count). The summed E-state index contributed by atoms with van der Waals surface area (Å²) in [6, 6.07) is 13.5. The van der Waals surface area contributed by atoms with Crippen LogP contribution in [-0.2, 0) is 20.7 Å². The lowest BCUT2D eigenvalue weighted by atomic mass is 9.98. The number of ether oxygens (including phenoxy) is 1. The Bertz CT molecular complexity index is 1150. The van der Waals surface area contributed by atoms with E-state index in [1.165, 1.54) is 12.5 Å². The van der Waals surface area contributed by atoms with Gasteiger partial charge in [-0.05, 0) is 22.3 Å². The van der Waals surface area contributed by atoms with Gasteiger partial charge in [-0.3, -0.25) is 4.79 Å². The van der Waals surface area contributed by atoms with Crippen LogP contribution in [0.1, 0.15) is 29.2 Å². The minimum Gasteiger partial charge on any atom is -0.480 e. The number of aliphatic hydroxyl groups excluding tert-OH is 1. The number of H-pyrrole nitrogens is 1. The molecule has 1 heterocycles. The molecule has 182 valence electrons. The number of rotatable bonds is 10. The van der Waals surface area contributed by atoms with Crippen LogP contribution in [0.5, 0.6) is 0 Å². The van der Waals surface area contributed by atoms with Gasteiger partial charge in [0.1, 0.15) is 18.7 Å². The number of aromatic amines is 1. The average molecular weight is 479 g/mol. The van der Waals surface area contributed by atoms with Crippen LogP contribution in [0.25, 0.3) is 11.1 Å². The number of fused-ring (bicyclic) bond motifs is 3. The van der Waals surface area contributed by atoms with Gasteiger partial charge in [0.05, 0.1) is 6.33 Å². The Labute approximate surface area is 201 Å². The maximum atomic E-state index is 12.8. The minimum atomic E-state index is -1.29. The number of carbonyl (C=O) groups is 3. The number of imidazole rings is 1. The van der Waals surface area contributed by atoms with Crippen molar-refractivity contribution in [2.24, 2.45) is 0 Å². The summed E-state index contributed by atoms with van der Waals surface area (Å²) in [6.07, 6.45) is 2.01. The molecule has 5 N–H and O–H groups in total. The first-order chi connectivity index (χ1) is 17.0. The van der Waals surface area contributed by atoms with Crippen molar-refractivity contribution in [1.82, 2.24) is 20.6 Å². The van der Waals surface area contributed by atoms with Crippen LogP contribution in [0.3, 0.4) is 0 Å². The number of carboxylic acids is 1. The first-order valence-electron chi connectivity index (χ1n) is 11.2. The Morgan fingerprint density at radius 1 is 1.00 bits per heavy atom. The van der Waals surface area contributed by atoms with Crippen LogP contribution in [-0.4, -0.2) is 63.4 Å². The minimum absolute atomic E-state index is 0.0431. The van der Waals surface area contributed by atoms with Gasteiger partial charge in [-0.1, -0.05) is 48.5 Å². The first kappa shape index (κ1) is 24.0. The zero-order valence-corrected chi connectivity index (χ0v) is 18.8. The fourth-order valence-corrected chi connectivity index (χ4v) is 4.27. The Balaban J connectivity index is 1.44. The number of aliphatic carboxylic acids is 1. The van der Waals surface area contributed by atoms with Gasteiger partial charge in [0.25, 0.3) is 0 Å². The van der Waals surface area contributed by atoms with E-state index in [9.17, 15) is 19.5 Å². The van der Waals surface area contributed by atoms with E-state index in [0.29, 0.717) is 5.69 Å². The Morgan fingerprint density at radius 3 is 2.23 bits per heavy atom. The average Bonchev–Trinajstić information content (AvgIpc) is 3.48. The van der Waals surface area contributed by atoms with E-state index in [1.807, 2.05) is 48.5 Å². The monoisotopic (exact) mass is 478 g/mol. The fourth-order valence-electron chi connectivity index (χ4n) is 4.27. The molecule has 0 bridgehead atoms. The highest BCUT2D eigenvalue weighted by atomic mass is 16.5. The van der Waals surface area contributed by atoms with E-state index in [1.54, 1.807) is 0 Å². The molecule has 0 spiro atoms. The van der Waals surface area contributed by atoms with E-state index in [2.05, 4.69) is 20.6 Å². The number of hydrogen-bond acceptors (Lipinski definition) is 6. The zero-order valence-electron chi connectivity index (χ0n) is 18.8. The van der Waals surface area contributed by atoms with Crippen molar-refractivity contribution in [2.75, 3.05) is 13.2 Å². The van der Waals surface area contributed by atoms with Gasteiger partial charge < -0.3 is 30.6 Å². The van der Waals surface area contributed by atoms with E-state index in [0.717, 1.165) is 22.3 Å². The molecule has 10 heteroatoms. The van der Waals surface area contributed by atoms with Crippen LogP contribution in [0.15, 0.2) is 61.1 Å². The molecule has 0 fully saturated rings. The van der Waals surface area contributed by atoms with Gasteiger partial charge in [-0.15, -0.1) is 0 Å². The number of benzene rings is 2. The number of aliphatic hydroxyl groups is 1. The maximum absolute atomic E-state index is 12.8. The van der Waals surface area contributed by atoms with E-state index < -0.39 is 36.7 Å². The van der Waals surface area contributed by atoms with Crippen LogP contribution in [0.2, 0.25) is 0 Å². The molecule has 0 aliphatic heterocycles. The van der Waals surface area contributed by atoms with Crippen LogP contribution in [0, 0.1) is 0 Å². The summed E-state index contributed by atoms with van der Waals surface area (Å²) >= 11 is 0. The highest BCUT2D eigenvalue weighted by Gasteiger charge is 2.31. The molecule has 2 atom stereocenters. The van der Waals surface area contributed by atoms with Gasteiger partial charge in [0.15, 0.2) is 0 Å². The van der Waals surface area contributed by atoms with Gasteiger partial charge in [0, 0.05) is 37.3 Å². The number of aromatic nitrogens is 2. The molecular formula is C25H26N4O6. The third-order valence-electron chi connectivity index (χ3n) is 5.96. The van der Waals surface area contributed by atoms with Gasteiger partial charge in [0.2, 0.25) is 5.91 Å². The van der Waals surface area contributed by atoms with E-state index in [4.69, 9.17) is 9.84 Å². The van der Waals surface area contributed by atoms with Gasteiger partial charge in [-0.2, -0.15) is 0 Å². The third-order valence-corrected chi connectivity index (χ3v) is 5.96. The SMILES string of the molecule is O=C(NC(Cc1cnc[nH]1)C(=O)N[C@H](CCO)C(=O)O)OCC1c2ccccc2-c2ccccc21. The van der Waals surface area contributed by atoms with Crippen molar-refractivity contribution in [1.29, 1.82) is 0 Å². The van der Waals surface area contributed by atoms with Crippen molar-refractivity contribution < 1.29 is 29.3 Å². The Kier molecular flexibility index (Phi) is 7.41. The quantitative estimate of drug-likeness (QED) is 0.298. The summed E-state index contributed by atoms with van der Waals surface area (Å²) in [4.78, 5) is 43.7. The summed E-state index contributed by atoms with van der Waals surface area (Å²) in [5, 5.41) is 23.3. The van der Waals surface area contributed by atoms with Crippen molar-refractivity contribution in [2.45, 2.75) is 30.8 Å². The third kappa shape index (κ3) is 5.49. The second kappa shape index (κ2) is 10.8. The largest absolute Gasteiger partial charge is 0.480 e. The molecule has 35 heavy (non-hydrogen) atoms. The second-order valence-corrected chi connectivity index (χ2v) is 8.22. The lowest BCUT2D eigenvalue weighted by molar-refractivity contribution is -0.142. The molecule has 0 radical (unpaired) electrons. The van der Waals surface area contributed by atoms with Crippen LogP contribution in [0.4, 0.5) is 4.79 Å². The number of hydrogen-bond donors (Lipinski definition) is 5. The second-order valence-electron chi connectivity index (χ2n) is 8.22. The van der Waals surface area contributed by atoms with Gasteiger partial charge >= 0.3 is 12.1 Å². The molecule has 1 aromatic heterocycles. The molecule has 10 nitrogen and oxygen atoms in total. The first-order valence-corrected chi connectivity index (χ1v) is 11.2. The highest BCUT2D eigenvalue weighted by molar-refractivity contribution is 5.89. The molecule has 1 unspecified atom stereocenters. The normalized spacial score (nSPS) is 13.9. The van der Waals surface area contributed by atoms with Crippen molar-refractivity contribution >= 4 is 18.0 Å². The number of nitrogens with zero attached hydrogens (tertiary/aromatic N) is 1. The number of amides is 2. The molecular weight excluding hydrogens is 452 g/mol. The maximum Gasteiger partial charge on any atom is 0.407 e. The molecule has 0 saturated heterocycles. The number of carboxylic acid groups (broad SMARTS) is 1. The molecule has 1 aliphatic rings. The lowest BCUT2D eigenvalue weighted by Crippen LogP contribution is -2.52. The number of carbonyl (C=O) groups excluding carboxylic acids is 2. The Morgan fingerprint density at radius 2 is 1.66 bits per heavy atom. The van der Waals surface area contributed by atoms with Crippen molar-refractivity contribution in [3.63, 3.8) is 0 Å². The van der Waals surface area contributed by atoms with Crippen molar-refractivity contribution in [3.8, 4) is 11.1 Å². The smallest absolute Gasteiger partial charge is 0.407 e. The molecule has 3 aromatic rings. The van der Waals surface area contributed by atoms with Crippen LogP contribution < -0.4 is 10.6 Å². The van der Waals surface area contributed by atoms with Crippen molar-refractivity contribution in [3.05, 3.63) is 77.9 Å². The van der Waals surface area contributed by atoms with Crippen LogP contribution >= 0.6 is 0 Å². The lowest BCUT2D eigenvalue weighted by Gasteiger charge is -2.21. The summed E-state index contributed by atoms with van der Waals surface area (Å²) in [7, 11) is 0. The highest BCUT2D eigenvalue weighted by Crippen LogP contribution is 2.44. The van der Waals surface area contributed by atoms with E-state index >= 15 is 0 Å². The summed E-state index contributed by atoms with van der Waals surface area (Å²) in [5.41, 5.74) is 4.87. The predicted molar refractivity (Wildman–Crippen MR) is 126 cm³/mol. The summed E-state index contributed by atoms with van der Waals surface area (Å²) in [5.74, 6) is -2.14. The molecule has 2 aromatic carbocycles. The number of alkyl carbamates (subject to hydrolysis) is 1. The molecule has 1 aliphatic carbocycles. The predicted octanol–water partition coefficient (Wildman–Crippen LogP) is 1.81. The molecule has 2 amide bonds. The topological polar surface area (TPSA) is 154 Å². The zero-order chi connectivity index (χ0) is 24.8. The molecule has 0 saturated carbocycles. The Hall–Kier alpha value is -4.18. The van der Waals surface area contributed by atoms with E-state index in [-0.39, 0.29) is 25.4 Å². The summed E-state index contributed by atoms with van der Waals surface area (Å²) < 4.78 is 5.53. The summed E-state index contributed by atoms with van der Waals surface area (Å²) in [6.45, 7) is -0.344.